The Labute approximate surface area is 88.5 Å². The van der Waals surface area contributed by atoms with Crippen molar-refractivity contribution in [3.63, 3.8) is 0 Å². The van der Waals surface area contributed by atoms with Gasteiger partial charge in [-0.25, -0.2) is 4.98 Å². The zero-order valence-electron chi connectivity index (χ0n) is 8.03. The number of aromatic nitrogens is 2. The van der Waals surface area contributed by atoms with Crippen molar-refractivity contribution in [2.45, 2.75) is 12.6 Å². The average molecular weight is 228 g/mol. The number of halogens is 3. The lowest BCUT2D eigenvalue weighted by Crippen LogP contribution is -2.25. The van der Waals surface area contributed by atoms with Crippen molar-refractivity contribution >= 4 is 11.4 Å². The van der Waals surface area contributed by atoms with Gasteiger partial charge in [-0.2, -0.15) is 13.2 Å². The average Bonchev–Trinajstić information content (AvgIpc) is 2.61. The third kappa shape index (κ3) is 1.91. The van der Waals surface area contributed by atoms with Crippen LogP contribution in [0.5, 0.6) is 0 Å². The maximum Gasteiger partial charge on any atom is 0.450 e. The summed E-state index contributed by atoms with van der Waals surface area (Å²) in [7, 11) is 0. The Morgan fingerprint density at radius 3 is 2.81 bits per heavy atom. The number of imidazole rings is 1. The molecule has 0 bridgehead atoms. The van der Waals surface area contributed by atoms with Crippen LogP contribution in [0.3, 0.4) is 0 Å². The van der Waals surface area contributed by atoms with Gasteiger partial charge in [-0.05, 0) is 12.1 Å². The molecule has 2 rings (SSSR count). The van der Waals surface area contributed by atoms with E-state index in [0.717, 1.165) is 0 Å². The lowest BCUT2D eigenvalue weighted by Gasteiger charge is -2.04. The van der Waals surface area contributed by atoms with Crippen LogP contribution >= 0.6 is 0 Å². The Kier molecular flexibility index (Phi) is 2.41. The Balaban J connectivity index is 2.32. The van der Waals surface area contributed by atoms with E-state index in [-0.39, 0.29) is 5.69 Å². The molecule has 0 unspecified atom stereocenters. The van der Waals surface area contributed by atoms with E-state index >= 15 is 0 Å². The summed E-state index contributed by atoms with van der Waals surface area (Å²) in [4.78, 5) is 14.7. The summed E-state index contributed by atoms with van der Waals surface area (Å²) in [5, 5.41) is 0. The van der Waals surface area contributed by atoms with Crippen LogP contribution in [0.4, 0.5) is 13.2 Å². The minimum absolute atomic E-state index is 0.234. The summed E-state index contributed by atoms with van der Waals surface area (Å²) in [6.07, 6.45) is -2.63. The molecule has 0 fully saturated rings. The molecule has 0 spiro atoms. The molecular weight excluding hydrogens is 221 g/mol. The molecule has 0 amide bonds. The highest BCUT2D eigenvalue weighted by Gasteiger charge is 2.38. The molecule has 0 aliphatic rings. The Hall–Kier alpha value is -1.85. The maximum atomic E-state index is 12.1. The highest BCUT2D eigenvalue weighted by atomic mass is 19.4. The van der Waals surface area contributed by atoms with Crippen LogP contribution in [0.1, 0.15) is 5.69 Å². The fraction of sp³-hybridized carbons (Fsp3) is 0.200. The summed E-state index contributed by atoms with van der Waals surface area (Å²) < 4.78 is 37.6. The molecule has 0 atom stereocenters. The SMILES string of the molecule is O=C(Cc1cnc2ccccn12)C(F)(F)F. The van der Waals surface area contributed by atoms with Crippen LogP contribution in [0.25, 0.3) is 5.65 Å². The first-order valence-electron chi connectivity index (χ1n) is 4.49. The third-order valence-electron chi connectivity index (χ3n) is 2.15. The normalized spacial score (nSPS) is 11.9. The first-order chi connectivity index (χ1) is 7.48. The molecule has 2 heterocycles. The fourth-order valence-corrected chi connectivity index (χ4v) is 1.38. The van der Waals surface area contributed by atoms with Gasteiger partial charge in [-0.15, -0.1) is 0 Å². The van der Waals surface area contributed by atoms with Crippen LogP contribution in [0.2, 0.25) is 0 Å². The van der Waals surface area contributed by atoms with Crippen LogP contribution in [0.15, 0.2) is 30.6 Å². The Morgan fingerprint density at radius 2 is 2.12 bits per heavy atom. The number of Topliss-reactive ketones (excluding diaryl/α,β-unsaturated/α-hetero) is 1. The lowest BCUT2D eigenvalue weighted by atomic mass is 10.2. The second-order valence-corrected chi connectivity index (χ2v) is 3.28. The number of alkyl halides is 3. The monoisotopic (exact) mass is 228 g/mol. The van der Waals surface area contributed by atoms with Crippen molar-refractivity contribution in [1.29, 1.82) is 0 Å². The molecule has 0 saturated heterocycles. The first kappa shape index (κ1) is 10.7. The van der Waals surface area contributed by atoms with Gasteiger partial charge in [0.05, 0.1) is 12.1 Å². The number of carbonyl (C=O) groups is 1. The Bertz CT molecular complexity index is 530. The quantitative estimate of drug-likeness (QED) is 0.787. The van der Waals surface area contributed by atoms with Gasteiger partial charge in [0.1, 0.15) is 5.65 Å². The molecule has 16 heavy (non-hydrogen) atoms. The van der Waals surface area contributed by atoms with Crippen molar-refractivity contribution in [3.05, 3.63) is 36.3 Å². The van der Waals surface area contributed by atoms with E-state index in [1.54, 1.807) is 24.4 Å². The summed E-state index contributed by atoms with van der Waals surface area (Å²) in [6.45, 7) is 0. The molecular formula is C10H7F3N2O. The predicted molar refractivity (Wildman–Crippen MR) is 50.0 cm³/mol. The standard InChI is InChI=1S/C10H7F3N2O/c11-10(12,13)8(16)5-7-6-14-9-3-1-2-4-15(7)9/h1-4,6H,5H2. The molecule has 0 N–H and O–H groups in total. The van der Waals surface area contributed by atoms with E-state index in [1.807, 2.05) is 0 Å². The molecule has 6 heteroatoms. The van der Waals surface area contributed by atoms with Crippen LogP contribution in [-0.2, 0) is 11.2 Å². The van der Waals surface area contributed by atoms with Crippen molar-refractivity contribution in [3.8, 4) is 0 Å². The largest absolute Gasteiger partial charge is 0.450 e. The minimum atomic E-state index is -4.79. The summed E-state index contributed by atoms with van der Waals surface area (Å²) in [6, 6.07) is 5.04. The van der Waals surface area contributed by atoms with E-state index in [1.165, 1.54) is 10.6 Å². The number of ketones is 1. The number of nitrogens with zero attached hydrogens (tertiary/aromatic N) is 2. The lowest BCUT2D eigenvalue weighted by molar-refractivity contribution is -0.170. The van der Waals surface area contributed by atoms with E-state index < -0.39 is 18.4 Å². The highest BCUT2D eigenvalue weighted by Crippen LogP contribution is 2.19. The zero-order valence-corrected chi connectivity index (χ0v) is 8.03. The van der Waals surface area contributed by atoms with Gasteiger partial charge in [0, 0.05) is 12.4 Å². The van der Waals surface area contributed by atoms with E-state index in [0.29, 0.717) is 5.65 Å². The molecule has 0 saturated carbocycles. The summed E-state index contributed by atoms with van der Waals surface area (Å²) >= 11 is 0. The number of carbonyl (C=O) groups excluding carboxylic acids is 1. The smallest absolute Gasteiger partial charge is 0.304 e. The van der Waals surface area contributed by atoms with Gasteiger partial charge < -0.3 is 4.40 Å². The van der Waals surface area contributed by atoms with Crippen molar-refractivity contribution in [1.82, 2.24) is 9.38 Å². The second-order valence-electron chi connectivity index (χ2n) is 3.28. The van der Waals surface area contributed by atoms with Crippen LogP contribution in [-0.4, -0.2) is 21.3 Å². The number of pyridine rings is 1. The fourth-order valence-electron chi connectivity index (χ4n) is 1.38. The Morgan fingerprint density at radius 1 is 1.38 bits per heavy atom. The second kappa shape index (κ2) is 3.62. The third-order valence-corrected chi connectivity index (χ3v) is 2.15. The van der Waals surface area contributed by atoms with E-state index in [2.05, 4.69) is 4.98 Å². The minimum Gasteiger partial charge on any atom is -0.304 e. The van der Waals surface area contributed by atoms with E-state index in [9.17, 15) is 18.0 Å². The molecule has 0 aliphatic carbocycles. The van der Waals surface area contributed by atoms with Gasteiger partial charge in [0.2, 0.25) is 5.78 Å². The zero-order chi connectivity index (χ0) is 11.8. The topological polar surface area (TPSA) is 34.4 Å². The van der Waals surface area contributed by atoms with Crippen molar-refractivity contribution < 1.29 is 18.0 Å². The number of rotatable bonds is 2. The highest BCUT2D eigenvalue weighted by molar-refractivity contribution is 5.85. The molecule has 0 aliphatic heterocycles. The maximum absolute atomic E-state index is 12.1. The molecule has 84 valence electrons. The van der Waals surface area contributed by atoms with Crippen molar-refractivity contribution in [2.24, 2.45) is 0 Å². The van der Waals surface area contributed by atoms with Crippen molar-refractivity contribution in [2.75, 3.05) is 0 Å². The number of fused-ring (bicyclic) bond motifs is 1. The van der Waals surface area contributed by atoms with Crippen LogP contribution in [0, 0.1) is 0 Å². The van der Waals surface area contributed by atoms with Gasteiger partial charge in [-0.3, -0.25) is 4.79 Å². The van der Waals surface area contributed by atoms with Gasteiger partial charge in [0.15, 0.2) is 0 Å². The summed E-state index contributed by atoms with van der Waals surface area (Å²) in [5.41, 5.74) is 0.755. The predicted octanol–water partition coefficient (Wildman–Crippen LogP) is 2.01. The first-order valence-corrected chi connectivity index (χ1v) is 4.49. The molecule has 2 aromatic rings. The molecule has 0 aromatic carbocycles. The van der Waals surface area contributed by atoms with Gasteiger partial charge >= 0.3 is 6.18 Å². The molecule has 2 aromatic heterocycles. The molecule has 3 nitrogen and oxygen atoms in total. The van der Waals surface area contributed by atoms with Gasteiger partial charge in [-0.1, -0.05) is 6.07 Å². The number of hydrogen-bond acceptors (Lipinski definition) is 2. The van der Waals surface area contributed by atoms with Gasteiger partial charge in [0.25, 0.3) is 0 Å². The van der Waals surface area contributed by atoms with E-state index in [4.69, 9.17) is 0 Å². The summed E-state index contributed by atoms with van der Waals surface area (Å²) in [5.74, 6) is -1.77. The molecule has 0 radical (unpaired) electrons. The number of hydrogen-bond donors (Lipinski definition) is 0. The van der Waals surface area contributed by atoms with Crippen LogP contribution < -0.4 is 0 Å².